The molecular formula is C24H26Cl2N4S. The molecule has 2 atom stereocenters. The maximum absolute atomic E-state index is 6.56. The molecule has 7 heteroatoms. The fourth-order valence-corrected chi connectivity index (χ4v) is 5.26. The highest BCUT2D eigenvalue weighted by Gasteiger charge is 2.41. The lowest BCUT2D eigenvalue weighted by Crippen LogP contribution is -2.30. The summed E-state index contributed by atoms with van der Waals surface area (Å²) in [5.41, 5.74) is 5.39. The Kier molecular flexibility index (Phi) is 6.56. The predicted octanol–water partition coefficient (Wildman–Crippen LogP) is 6.57. The van der Waals surface area contributed by atoms with Gasteiger partial charge in [0.15, 0.2) is 5.11 Å². The summed E-state index contributed by atoms with van der Waals surface area (Å²) in [4.78, 5) is 6.95. The summed E-state index contributed by atoms with van der Waals surface area (Å²) >= 11 is 18.5. The molecule has 2 aromatic heterocycles. The number of rotatable bonds is 6. The molecule has 3 aromatic rings. The van der Waals surface area contributed by atoms with Crippen LogP contribution < -0.4 is 5.32 Å². The summed E-state index contributed by atoms with van der Waals surface area (Å²) in [5.74, 6) is 0. The lowest BCUT2D eigenvalue weighted by molar-refractivity contribution is 0.312. The molecule has 31 heavy (non-hydrogen) atoms. The van der Waals surface area contributed by atoms with Crippen LogP contribution in [0.15, 0.2) is 48.7 Å². The minimum Gasteiger partial charge on any atom is -0.352 e. The topological polar surface area (TPSA) is 33.1 Å². The summed E-state index contributed by atoms with van der Waals surface area (Å²) in [5, 5.41) is 5.57. The quantitative estimate of drug-likeness (QED) is 0.411. The highest BCUT2D eigenvalue weighted by Crippen LogP contribution is 2.42. The maximum Gasteiger partial charge on any atom is 0.170 e. The van der Waals surface area contributed by atoms with Crippen LogP contribution in [0.2, 0.25) is 10.0 Å². The molecule has 4 nitrogen and oxygen atoms in total. The third-order valence-electron chi connectivity index (χ3n) is 5.89. The third kappa shape index (κ3) is 4.19. The largest absolute Gasteiger partial charge is 0.352 e. The number of nitrogens with one attached hydrogen (secondary N) is 1. The van der Waals surface area contributed by atoms with E-state index < -0.39 is 0 Å². The first-order chi connectivity index (χ1) is 14.9. The van der Waals surface area contributed by atoms with Gasteiger partial charge in [0.1, 0.15) is 0 Å². The second kappa shape index (κ2) is 9.19. The zero-order valence-electron chi connectivity index (χ0n) is 17.9. The summed E-state index contributed by atoms with van der Waals surface area (Å²) in [7, 11) is 0. The van der Waals surface area contributed by atoms with Crippen LogP contribution in [0.25, 0.3) is 5.69 Å². The lowest BCUT2D eigenvalue weighted by atomic mass is 9.96. The van der Waals surface area contributed by atoms with Crippen molar-refractivity contribution < 1.29 is 0 Å². The van der Waals surface area contributed by atoms with Gasteiger partial charge in [-0.2, -0.15) is 0 Å². The van der Waals surface area contributed by atoms with Crippen LogP contribution in [-0.2, 0) is 0 Å². The van der Waals surface area contributed by atoms with E-state index in [9.17, 15) is 0 Å². The van der Waals surface area contributed by atoms with E-state index in [1.54, 1.807) is 6.07 Å². The van der Waals surface area contributed by atoms with Crippen molar-refractivity contribution in [3.05, 3.63) is 81.4 Å². The van der Waals surface area contributed by atoms with Gasteiger partial charge in [-0.3, -0.25) is 4.98 Å². The molecule has 1 aromatic carbocycles. The first-order valence-electron chi connectivity index (χ1n) is 10.5. The van der Waals surface area contributed by atoms with Crippen molar-refractivity contribution >= 4 is 40.5 Å². The van der Waals surface area contributed by atoms with Gasteiger partial charge >= 0.3 is 0 Å². The van der Waals surface area contributed by atoms with E-state index in [4.69, 9.17) is 35.4 Å². The number of benzene rings is 1. The van der Waals surface area contributed by atoms with Gasteiger partial charge in [-0.25, -0.2) is 0 Å². The van der Waals surface area contributed by atoms with Gasteiger partial charge in [0.25, 0.3) is 0 Å². The molecule has 2 unspecified atom stereocenters. The number of unbranched alkanes of at least 4 members (excludes halogenated alkanes) is 1. The van der Waals surface area contributed by atoms with Gasteiger partial charge < -0.3 is 14.8 Å². The molecule has 1 aliphatic heterocycles. The highest BCUT2D eigenvalue weighted by atomic mass is 35.5. The second-order valence-corrected chi connectivity index (χ2v) is 9.16. The molecule has 0 saturated carbocycles. The normalized spacial score (nSPS) is 18.5. The average molecular weight is 473 g/mol. The van der Waals surface area contributed by atoms with Crippen molar-refractivity contribution in [3.8, 4) is 5.69 Å². The van der Waals surface area contributed by atoms with Crippen molar-refractivity contribution in [1.29, 1.82) is 0 Å². The van der Waals surface area contributed by atoms with Crippen LogP contribution in [0.1, 0.15) is 54.5 Å². The Morgan fingerprint density at radius 3 is 2.61 bits per heavy atom. The molecule has 0 amide bonds. The van der Waals surface area contributed by atoms with Crippen molar-refractivity contribution in [3.63, 3.8) is 0 Å². The fourth-order valence-electron chi connectivity index (χ4n) is 4.43. The zero-order chi connectivity index (χ0) is 22.1. The van der Waals surface area contributed by atoms with Gasteiger partial charge in [-0.1, -0.05) is 42.6 Å². The Morgan fingerprint density at radius 2 is 1.94 bits per heavy atom. The Bertz CT molecular complexity index is 1100. The first kappa shape index (κ1) is 22.1. The Balaban J connectivity index is 1.83. The van der Waals surface area contributed by atoms with Crippen molar-refractivity contribution in [2.45, 2.75) is 45.7 Å². The molecule has 4 rings (SSSR count). The van der Waals surface area contributed by atoms with Gasteiger partial charge in [0.05, 0.1) is 28.5 Å². The molecule has 162 valence electrons. The van der Waals surface area contributed by atoms with E-state index in [0.717, 1.165) is 47.3 Å². The Labute approximate surface area is 199 Å². The molecule has 1 fully saturated rings. The summed E-state index contributed by atoms with van der Waals surface area (Å²) in [6.45, 7) is 7.35. The van der Waals surface area contributed by atoms with Gasteiger partial charge in [-0.15, -0.1) is 0 Å². The third-order valence-corrected chi connectivity index (χ3v) is 6.78. The average Bonchev–Trinajstić information content (AvgIpc) is 3.23. The molecule has 0 radical (unpaired) electrons. The van der Waals surface area contributed by atoms with E-state index in [-0.39, 0.29) is 12.1 Å². The minimum atomic E-state index is -0.0137. The molecule has 0 aliphatic carbocycles. The Hall–Kier alpha value is -2.08. The number of nitrogens with zero attached hydrogens (tertiary/aromatic N) is 3. The summed E-state index contributed by atoms with van der Waals surface area (Å²) in [6, 6.07) is 13.9. The second-order valence-electron chi connectivity index (χ2n) is 7.93. The van der Waals surface area contributed by atoms with E-state index >= 15 is 0 Å². The van der Waals surface area contributed by atoms with Crippen LogP contribution >= 0.6 is 35.4 Å². The van der Waals surface area contributed by atoms with Crippen LogP contribution in [0.4, 0.5) is 0 Å². The zero-order valence-corrected chi connectivity index (χ0v) is 20.2. The van der Waals surface area contributed by atoms with Gasteiger partial charge in [0.2, 0.25) is 0 Å². The predicted molar refractivity (Wildman–Crippen MR) is 132 cm³/mol. The molecular weight excluding hydrogens is 447 g/mol. The number of hydrogen-bond donors (Lipinski definition) is 1. The number of halogens is 2. The van der Waals surface area contributed by atoms with Crippen LogP contribution in [-0.4, -0.2) is 26.1 Å². The number of aryl methyl sites for hydroxylation is 1. The molecule has 1 N–H and O–H groups in total. The van der Waals surface area contributed by atoms with Gasteiger partial charge in [-0.05, 0) is 74.4 Å². The number of thiocarbonyl (C=S) groups is 1. The van der Waals surface area contributed by atoms with Crippen molar-refractivity contribution in [2.75, 3.05) is 6.54 Å². The molecule has 0 spiro atoms. The van der Waals surface area contributed by atoms with Crippen LogP contribution in [0, 0.1) is 13.8 Å². The Morgan fingerprint density at radius 1 is 1.13 bits per heavy atom. The van der Waals surface area contributed by atoms with E-state index in [0.29, 0.717) is 10.0 Å². The van der Waals surface area contributed by atoms with E-state index in [2.05, 4.69) is 52.7 Å². The standard InChI is InChI=1S/C24H26Cl2N4S/c1-4-5-12-29-23(22(28-24(29)31)20-8-6-7-11-27-20)18-13-15(2)30(16(18)3)21-10-9-17(25)14-19(21)26/h6-11,13-14,22-23H,4-5,12H2,1-3H3,(H,28,31). The summed E-state index contributed by atoms with van der Waals surface area (Å²) < 4.78 is 2.20. The molecule has 3 heterocycles. The van der Waals surface area contributed by atoms with Crippen molar-refractivity contribution in [2.24, 2.45) is 0 Å². The van der Waals surface area contributed by atoms with Gasteiger partial charge in [0, 0.05) is 29.2 Å². The SMILES string of the molecule is CCCCN1C(=S)NC(c2ccccn2)C1c1cc(C)n(-c2ccc(Cl)cc2Cl)c1C. The fraction of sp³-hybridized carbons (Fsp3) is 0.333. The lowest BCUT2D eigenvalue weighted by Gasteiger charge is -2.28. The van der Waals surface area contributed by atoms with Crippen LogP contribution in [0.3, 0.4) is 0 Å². The number of pyridine rings is 1. The monoisotopic (exact) mass is 472 g/mol. The smallest absolute Gasteiger partial charge is 0.170 e. The van der Waals surface area contributed by atoms with E-state index in [1.807, 2.05) is 30.5 Å². The minimum absolute atomic E-state index is 0.0137. The molecule has 1 aliphatic rings. The molecule has 1 saturated heterocycles. The maximum atomic E-state index is 6.56. The highest BCUT2D eigenvalue weighted by molar-refractivity contribution is 7.80. The van der Waals surface area contributed by atoms with E-state index in [1.165, 1.54) is 5.56 Å². The number of aromatic nitrogens is 2. The molecule has 0 bridgehead atoms. The summed E-state index contributed by atoms with van der Waals surface area (Å²) in [6.07, 6.45) is 4.02. The number of hydrogen-bond acceptors (Lipinski definition) is 2. The van der Waals surface area contributed by atoms with Crippen LogP contribution in [0.5, 0.6) is 0 Å². The van der Waals surface area contributed by atoms with Crippen molar-refractivity contribution in [1.82, 2.24) is 19.8 Å². The first-order valence-corrected chi connectivity index (χ1v) is 11.7.